The van der Waals surface area contributed by atoms with E-state index in [1.54, 1.807) is 0 Å². The second-order valence-corrected chi connectivity index (χ2v) is 8.05. The molecule has 5 nitrogen and oxygen atoms in total. The first-order chi connectivity index (χ1) is 12.8. The highest BCUT2D eigenvalue weighted by Crippen LogP contribution is 2.62. The van der Waals surface area contributed by atoms with Crippen LogP contribution in [0.3, 0.4) is 0 Å². The van der Waals surface area contributed by atoms with Gasteiger partial charge in [-0.15, -0.1) is 0 Å². The Kier molecular flexibility index (Phi) is 7.72. The van der Waals surface area contributed by atoms with E-state index in [1.807, 2.05) is 0 Å². The molecule has 28 heavy (non-hydrogen) atoms. The molecule has 0 spiro atoms. The van der Waals surface area contributed by atoms with Crippen molar-refractivity contribution in [2.45, 2.75) is 44.3 Å². The Morgan fingerprint density at radius 2 is 1.43 bits per heavy atom. The SMILES string of the molecule is CCOP(=O)(OCC)C(C)C(NC(=O)c1ccccc1)(C(F)(F)F)C(F)(F)F. The van der Waals surface area contributed by atoms with E-state index in [2.05, 4.69) is 0 Å². The Bertz CT molecular complexity index is 683. The van der Waals surface area contributed by atoms with E-state index in [1.165, 1.54) is 32.0 Å². The number of amides is 1. The third-order valence-electron chi connectivity index (χ3n) is 3.96. The van der Waals surface area contributed by atoms with Crippen LogP contribution in [0.4, 0.5) is 26.3 Å². The number of carbonyl (C=O) groups is 1. The summed E-state index contributed by atoms with van der Waals surface area (Å²) >= 11 is 0. The Hall–Kier alpha value is -1.58. The lowest BCUT2D eigenvalue weighted by Crippen LogP contribution is -2.72. The molecule has 1 aromatic carbocycles. The lowest BCUT2D eigenvalue weighted by atomic mass is 9.93. The van der Waals surface area contributed by atoms with Gasteiger partial charge in [0.2, 0.25) is 5.54 Å². The third kappa shape index (κ3) is 4.69. The molecule has 0 saturated heterocycles. The zero-order valence-corrected chi connectivity index (χ0v) is 16.1. The number of nitrogens with one attached hydrogen (secondary N) is 1. The molecule has 0 aliphatic heterocycles. The molecule has 0 bridgehead atoms. The van der Waals surface area contributed by atoms with Crippen LogP contribution in [0.5, 0.6) is 0 Å². The maximum atomic E-state index is 13.8. The number of halogens is 6. The minimum absolute atomic E-state index is 0.429. The molecule has 1 N–H and O–H groups in total. The summed E-state index contributed by atoms with van der Waals surface area (Å²) in [4.78, 5) is 12.2. The number of carbonyl (C=O) groups excluding carboxylic acids is 1. The largest absolute Gasteiger partial charge is 0.421 e. The highest BCUT2D eigenvalue weighted by molar-refractivity contribution is 7.54. The van der Waals surface area contributed by atoms with Gasteiger partial charge in [-0.05, 0) is 32.9 Å². The molecule has 1 rings (SSSR count). The smallest absolute Gasteiger partial charge is 0.330 e. The number of hydrogen-bond acceptors (Lipinski definition) is 4. The summed E-state index contributed by atoms with van der Waals surface area (Å²) in [5.74, 6) is -1.64. The van der Waals surface area contributed by atoms with Gasteiger partial charge in [0.1, 0.15) is 0 Å². The van der Waals surface area contributed by atoms with Crippen molar-refractivity contribution < 1.29 is 44.7 Å². The third-order valence-corrected chi connectivity index (χ3v) is 6.53. The van der Waals surface area contributed by atoms with E-state index < -0.39 is 55.8 Å². The standard InChI is InChI=1S/C16H20F6NO4P/c1-4-26-28(25,27-5-2)11(3)14(15(17,18)19,16(20,21)22)23-13(24)12-9-7-6-8-10-12/h6-11H,4-5H2,1-3H3,(H,23,24). The first-order valence-corrected chi connectivity index (χ1v) is 9.77. The van der Waals surface area contributed by atoms with Crippen molar-refractivity contribution in [2.24, 2.45) is 0 Å². The fourth-order valence-electron chi connectivity index (χ4n) is 2.58. The average molecular weight is 435 g/mol. The van der Waals surface area contributed by atoms with Gasteiger partial charge in [-0.3, -0.25) is 9.36 Å². The Labute approximate surface area is 157 Å². The van der Waals surface area contributed by atoms with Crippen molar-refractivity contribution >= 4 is 13.5 Å². The van der Waals surface area contributed by atoms with Crippen LogP contribution in [0, 0.1) is 0 Å². The summed E-state index contributed by atoms with van der Waals surface area (Å²) in [5.41, 5.74) is -8.12. The van der Waals surface area contributed by atoms with E-state index in [-0.39, 0.29) is 0 Å². The predicted octanol–water partition coefficient (Wildman–Crippen LogP) is 4.93. The molecule has 1 amide bonds. The van der Waals surface area contributed by atoms with Crippen LogP contribution >= 0.6 is 7.60 Å². The van der Waals surface area contributed by atoms with Crippen LogP contribution in [0.15, 0.2) is 30.3 Å². The molecule has 0 heterocycles. The van der Waals surface area contributed by atoms with E-state index in [0.29, 0.717) is 6.92 Å². The van der Waals surface area contributed by atoms with Gasteiger partial charge in [0, 0.05) is 5.56 Å². The number of hydrogen-bond donors (Lipinski definition) is 1. The highest BCUT2D eigenvalue weighted by atomic mass is 31.2. The molecular weight excluding hydrogens is 415 g/mol. The van der Waals surface area contributed by atoms with Crippen LogP contribution in [-0.4, -0.2) is 42.7 Å². The van der Waals surface area contributed by atoms with E-state index in [4.69, 9.17) is 9.05 Å². The molecule has 12 heteroatoms. The predicted molar refractivity (Wildman–Crippen MR) is 89.1 cm³/mol. The summed E-state index contributed by atoms with van der Waals surface area (Å²) in [6.45, 7) is 1.99. The van der Waals surface area contributed by atoms with Gasteiger partial charge in [-0.2, -0.15) is 26.3 Å². The quantitative estimate of drug-likeness (QED) is 0.465. The number of benzene rings is 1. The van der Waals surface area contributed by atoms with Crippen molar-refractivity contribution in [3.8, 4) is 0 Å². The van der Waals surface area contributed by atoms with Crippen LogP contribution in [0.25, 0.3) is 0 Å². The van der Waals surface area contributed by atoms with Gasteiger partial charge in [-0.25, -0.2) is 0 Å². The van der Waals surface area contributed by atoms with Gasteiger partial charge in [-0.1, -0.05) is 18.2 Å². The highest BCUT2D eigenvalue weighted by Gasteiger charge is 2.77. The maximum Gasteiger partial charge on any atom is 0.421 e. The molecule has 0 aliphatic rings. The normalized spacial score (nSPS) is 14.6. The molecule has 1 unspecified atom stereocenters. The summed E-state index contributed by atoms with van der Waals surface area (Å²) in [6, 6.07) is 6.06. The lowest BCUT2D eigenvalue weighted by Gasteiger charge is -2.43. The van der Waals surface area contributed by atoms with Crippen LogP contribution in [0.2, 0.25) is 0 Å². The summed E-state index contributed by atoms with van der Waals surface area (Å²) < 4.78 is 105. The number of rotatable bonds is 8. The fourth-order valence-corrected chi connectivity index (χ4v) is 4.65. The fraction of sp³-hybridized carbons (Fsp3) is 0.562. The van der Waals surface area contributed by atoms with Gasteiger partial charge in [0.25, 0.3) is 5.91 Å². The Balaban J connectivity index is 3.63. The van der Waals surface area contributed by atoms with Crippen LogP contribution < -0.4 is 5.32 Å². The minimum Gasteiger partial charge on any atom is -0.330 e. The minimum atomic E-state index is -6.06. The molecule has 0 fully saturated rings. The molecule has 160 valence electrons. The van der Waals surface area contributed by atoms with Crippen molar-refractivity contribution in [3.05, 3.63) is 35.9 Å². The van der Waals surface area contributed by atoms with Crippen molar-refractivity contribution in [3.63, 3.8) is 0 Å². The summed E-state index contributed by atoms with van der Waals surface area (Å²) in [5, 5.41) is 1.03. The zero-order valence-electron chi connectivity index (χ0n) is 15.2. The van der Waals surface area contributed by atoms with Gasteiger partial charge in [0.05, 0.1) is 18.9 Å². The summed E-state index contributed by atoms with van der Waals surface area (Å²) in [6.07, 6.45) is -12.1. The molecule has 0 saturated carbocycles. The molecule has 1 aromatic rings. The molecule has 0 aromatic heterocycles. The Morgan fingerprint density at radius 3 is 1.79 bits per heavy atom. The van der Waals surface area contributed by atoms with Crippen molar-refractivity contribution in [1.82, 2.24) is 5.32 Å². The average Bonchev–Trinajstić information content (AvgIpc) is 2.57. The van der Waals surface area contributed by atoms with E-state index in [9.17, 15) is 35.7 Å². The second-order valence-electron chi connectivity index (χ2n) is 5.68. The van der Waals surface area contributed by atoms with Gasteiger partial charge >= 0.3 is 19.9 Å². The molecule has 0 aliphatic carbocycles. The summed E-state index contributed by atoms with van der Waals surface area (Å²) in [7, 11) is -4.93. The van der Waals surface area contributed by atoms with Crippen molar-refractivity contribution in [1.29, 1.82) is 0 Å². The monoisotopic (exact) mass is 435 g/mol. The van der Waals surface area contributed by atoms with Crippen molar-refractivity contribution in [2.75, 3.05) is 13.2 Å². The molecule has 0 radical (unpaired) electrons. The van der Waals surface area contributed by atoms with Gasteiger partial charge < -0.3 is 14.4 Å². The lowest BCUT2D eigenvalue weighted by molar-refractivity contribution is -0.304. The first kappa shape index (κ1) is 24.5. The second kappa shape index (κ2) is 8.84. The van der Waals surface area contributed by atoms with Crippen LogP contribution in [0.1, 0.15) is 31.1 Å². The number of alkyl halides is 6. The molecular formula is C16H20F6NO4P. The van der Waals surface area contributed by atoms with Gasteiger partial charge in [0.15, 0.2) is 0 Å². The molecule has 1 atom stereocenters. The zero-order chi connectivity index (χ0) is 21.8. The maximum absolute atomic E-state index is 13.8. The van der Waals surface area contributed by atoms with E-state index in [0.717, 1.165) is 17.4 Å². The van der Waals surface area contributed by atoms with Crippen LogP contribution in [-0.2, 0) is 13.6 Å². The topological polar surface area (TPSA) is 64.6 Å². The first-order valence-electron chi connectivity index (χ1n) is 8.16. The van der Waals surface area contributed by atoms with E-state index >= 15 is 0 Å². The Morgan fingerprint density at radius 1 is 1.00 bits per heavy atom.